The summed E-state index contributed by atoms with van der Waals surface area (Å²) in [5.41, 5.74) is 4.20. The van der Waals surface area contributed by atoms with Crippen LogP contribution in [-0.2, 0) is 0 Å². The molecule has 1 aliphatic rings. The van der Waals surface area contributed by atoms with Crippen molar-refractivity contribution in [3.63, 3.8) is 0 Å². The van der Waals surface area contributed by atoms with E-state index in [1.54, 1.807) is 13.1 Å². The summed E-state index contributed by atoms with van der Waals surface area (Å²) in [6.07, 6.45) is 2.55. The zero-order chi connectivity index (χ0) is 17.1. The van der Waals surface area contributed by atoms with Gasteiger partial charge in [-0.1, -0.05) is 24.3 Å². The highest BCUT2D eigenvalue weighted by Gasteiger charge is 2.19. The number of benzene rings is 2. The van der Waals surface area contributed by atoms with Gasteiger partial charge in [-0.25, -0.2) is 4.79 Å². The molecular weight excluding hydrogens is 300 g/mol. The summed E-state index contributed by atoms with van der Waals surface area (Å²) in [5, 5.41) is 12.3. The van der Waals surface area contributed by atoms with Crippen LogP contribution in [0.15, 0.2) is 42.5 Å². The van der Waals surface area contributed by atoms with E-state index in [1.165, 1.54) is 18.4 Å². The molecule has 1 heterocycles. The van der Waals surface area contributed by atoms with Gasteiger partial charge in [0.15, 0.2) is 0 Å². The standard InChI is InChI=1S/C20H24N2O2/c1-14(22-10-3-4-11-22)15-6-5-7-16(12-15)17-8-9-19(21-2)18(13-17)20(23)24/h5-9,12-14,21H,3-4,10-11H2,1-2H3,(H,23,24)/t14-/m0/s1. The molecule has 126 valence electrons. The first-order valence-electron chi connectivity index (χ1n) is 8.49. The average molecular weight is 324 g/mol. The summed E-state index contributed by atoms with van der Waals surface area (Å²) in [6.45, 7) is 4.56. The number of carboxylic acid groups (broad SMARTS) is 1. The van der Waals surface area contributed by atoms with Gasteiger partial charge in [-0.05, 0) is 67.7 Å². The van der Waals surface area contributed by atoms with E-state index in [9.17, 15) is 9.90 Å². The largest absolute Gasteiger partial charge is 0.478 e. The van der Waals surface area contributed by atoms with Crippen molar-refractivity contribution in [1.29, 1.82) is 0 Å². The van der Waals surface area contributed by atoms with Gasteiger partial charge in [0.2, 0.25) is 0 Å². The Hall–Kier alpha value is -2.33. The molecule has 0 aromatic heterocycles. The average Bonchev–Trinajstić information content (AvgIpc) is 3.15. The van der Waals surface area contributed by atoms with E-state index in [0.717, 1.165) is 24.2 Å². The van der Waals surface area contributed by atoms with Gasteiger partial charge in [0.05, 0.1) is 5.56 Å². The van der Waals surface area contributed by atoms with Crippen LogP contribution in [0.3, 0.4) is 0 Å². The molecule has 2 aromatic carbocycles. The third-order valence-electron chi connectivity index (χ3n) is 4.91. The molecule has 0 unspecified atom stereocenters. The van der Waals surface area contributed by atoms with Gasteiger partial charge in [0, 0.05) is 18.8 Å². The summed E-state index contributed by atoms with van der Waals surface area (Å²) in [4.78, 5) is 14.0. The van der Waals surface area contributed by atoms with E-state index in [0.29, 0.717) is 17.3 Å². The normalized spacial score (nSPS) is 16.1. The lowest BCUT2D eigenvalue weighted by atomic mass is 9.97. The topological polar surface area (TPSA) is 52.6 Å². The first kappa shape index (κ1) is 16.5. The summed E-state index contributed by atoms with van der Waals surface area (Å²) in [7, 11) is 1.74. The smallest absolute Gasteiger partial charge is 0.337 e. The van der Waals surface area contributed by atoms with Gasteiger partial charge < -0.3 is 10.4 Å². The Morgan fingerprint density at radius 3 is 2.50 bits per heavy atom. The number of anilines is 1. The van der Waals surface area contributed by atoms with Crippen LogP contribution >= 0.6 is 0 Å². The van der Waals surface area contributed by atoms with Crippen molar-refractivity contribution in [1.82, 2.24) is 4.90 Å². The monoisotopic (exact) mass is 324 g/mol. The van der Waals surface area contributed by atoms with Gasteiger partial charge >= 0.3 is 5.97 Å². The van der Waals surface area contributed by atoms with Crippen LogP contribution in [0, 0.1) is 0 Å². The second-order valence-electron chi connectivity index (χ2n) is 6.36. The lowest BCUT2D eigenvalue weighted by Crippen LogP contribution is -2.23. The molecule has 3 rings (SSSR count). The number of carboxylic acids is 1. The number of carbonyl (C=O) groups is 1. The van der Waals surface area contributed by atoms with E-state index in [2.05, 4.69) is 35.3 Å². The zero-order valence-corrected chi connectivity index (χ0v) is 14.2. The van der Waals surface area contributed by atoms with Crippen molar-refractivity contribution < 1.29 is 9.90 Å². The van der Waals surface area contributed by atoms with Crippen molar-refractivity contribution in [2.75, 3.05) is 25.5 Å². The number of hydrogen-bond acceptors (Lipinski definition) is 3. The Labute approximate surface area is 143 Å². The van der Waals surface area contributed by atoms with E-state index >= 15 is 0 Å². The van der Waals surface area contributed by atoms with Gasteiger partial charge in [-0.3, -0.25) is 4.90 Å². The van der Waals surface area contributed by atoms with E-state index in [1.807, 2.05) is 18.2 Å². The molecule has 4 heteroatoms. The molecule has 0 amide bonds. The minimum atomic E-state index is -0.914. The number of nitrogens with zero attached hydrogens (tertiary/aromatic N) is 1. The second kappa shape index (κ2) is 7.05. The highest BCUT2D eigenvalue weighted by molar-refractivity contribution is 5.96. The SMILES string of the molecule is CNc1ccc(-c2cccc([C@H](C)N3CCCC3)c2)cc1C(=O)O. The fraction of sp³-hybridized carbons (Fsp3) is 0.350. The van der Waals surface area contributed by atoms with Crippen LogP contribution in [0.25, 0.3) is 11.1 Å². The van der Waals surface area contributed by atoms with E-state index in [-0.39, 0.29) is 0 Å². The highest BCUT2D eigenvalue weighted by Crippen LogP contribution is 2.30. The number of hydrogen-bond donors (Lipinski definition) is 2. The molecule has 0 radical (unpaired) electrons. The molecule has 1 saturated heterocycles. The Kier molecular flexibility index (Phi) is 4.86. The summed E-state index contributed by atoms with van der Waals surface area (Å²) in [6, 6.07) is 14.4. The van der Waals surface area contributed by atoms with Crippen LogP contribution in [0.4, 0.5) is 5.69 Å². The summed E-state index contributed by atoms with van der Waals surface area (Å²) < 4.78 is 0. The third-order valence-corrected chi connectivity index (χ3v) is 4.91. The maximum Gasteiger partial charge on any atom is 0.337 e. The molecule has 1 fully saturated rings. The van der Waals surface area contributed by atoms with Gasteiger partial charge in [-0.2, -0.15) is 0 Å². The number of nitrogens with one attached hydrogen (secondary N) is 1. The Bertz CT molecular complexity index is 736. The predicted molar refractivity (Wildman–Crippen MR) is 97.6 cm³/mol. The fourth-order valence-corrected chi connectivity index (χ4v) is 3.44. The minimum Gasteiger partial charge on any atom is -0.478 e. The fourth-order valence-electron chi connectivity index (χ4n) is 3.44. The summed E-state index contributed by atoms with van der Waals surface area (Å²) in [5.74, 6) is -0.914. The van der Waals surface area contributed by atoms with Crippen molar-refractivity contribution in [3.8, 4) is 11.1 Å². The van der Waals surface area contributed by atoms with E-state index < -0.39 is 5.97 Å². The Morgan fingerprint density at radius 1 is 1.12 bits per heavy atom. The van der Waals surface area contributed by atoms with Crippen molar-refractivity contribution >= 4 is 11.7 Å². The van der Waals surface area contributed by atoms with Crippen molar-refractivity contribution in [2.24, 2.45) is 0 Å². The lowest BCUT2D eigenvalue weighted by molar-refractivity contribution is 0.0698. The molecule has 4 nitrogen and oxygen atoms in total. The molecule has 1 atom stereocenters. The lowest BCUT2D eigenvalue weighted by Gasteiger charge is -2.24. The number of likely N-dealkylation sites (tertiary alicyclic amines) is 1. The van der Waals surface area contributed by atoms with Crippen LogP contribution in [0.5, 0.6) is 0 Å². The molecule has 0 aliphatic carbocycles. The molecular formula is C20H24N2O2. The zero-order valence-electron chi connectivity index (χ0n) is 14.2. The van der Waals surface area contributed by atoms with E-state index in [4.69, 9.17) is 0 Å². The van der Waals surface area contributed by atoms with Crippen LogP contribution in [0.1, 0.15) is 41.7 Å². The van der Waals surface area contributed by atoms with Crippen LogP contribution in [0.2, 0.25) is 0 Å². The first-order valence-corrected chi connectivity index (χ1v) is 8.49. The number of aromatic carboxylic acids is 1. The van der Waals surface area contributed by atoms with Gasteiger partial charge in [0.1, 0.15) is 0 Å². The Balaban J connectivity index is 1.94. The first-order chi connectivity index (χ1) is 11.6. The third kappa shape index (κ3) is 3.29. The van der Waals surface area contributed by atoms with Crippen LogP contribution in [-0.4, -0.2) is 36.1 Å². The second-order valence-corrected chi connectivity index (χ2v) is 6.36. The van der Waals surface area contributed by atoms with Crippen molar-refractivity contribution in [3.05, 3.63) is 53.6 Å². The molecule has 24 heavy (non-hydrogen) atoms. The molecule has 0 bridgehead atoms. The molecule has 0 spiro atoms. The Morgan fingerprint density at radius 2 is 1.83 bits per heavy atom. The predicted octanol–water partition coefficient (Wildman–Crippen LogP) is 4.25. The highest BCUT2D eigenvalue weighted by atomic mass is 16.4. The summed E-state index contributed by atoms with van der Waals surface area (Å²) >= 11 is 0. The van der Waals surface area contributed by atoms with Crippen LogP contribution < -0.4 is 5.32 Å². The minimum absolute atomic E-state index is 0.299. The molecule has 1 aliphatic heterocycles. The molecule has 2 N–H and O–H groups in total. The molecule has 2 aromatic rings. The van der Waals surface area contributed by atoms with Gasteiger partial charge in [0.25, 0.3) is 0 Å². The quantitative estimate of drug-likeness (QED) is 0.863. The maximum atomic E-state index is 11.5. The van der Waals surface area contributed by atoms with Gasteiger partial charge in [-0.15, -0.1) is 0 Å². The molecule has 0 saturated carbocycles. The maximum absolute atomic E-state index is 11.5. The van der Waals surface area contributed by atoms with Crippen molar-refractivity contribution in [2.45, 2.75) is 25.8 Å². The number of rotatable bonds is 5.